The van der Waals surface area contributed by atoms with E-state index < -0.39 is 0 Å². The van der Waals surface area contributed by atoms with E-state index in [4.69, 9.17) is 4.74 Å². The first-order valence-corrected chi connectivity index (χ1v) is 8.21. The van der Waals surface area contributed by atoms with E-state index >= 15 is 0 Å². The number of hydrogen-bond acceptors (Lipinski definition) is 3. The zero-order valence-corrected chi connectivity index (χ0v) is 13.3. The van der Waals surface area contributed by atoms with Gasteiger partial charge in [-0.2, -0.15) is 0 Å². The van der Waals surface area contributed by atoms with Crippen molar-refractivity contribution in [3.8, 4) is 5.75 Å². The summed E-state index contributed by atoms with van der Waals surface area (Å²) in [6, 6.07) is 9.64. The summed E-state index contributed by atoms with van der Waals surface area (Å²) in [6.45, 7) is 1.06. The van der Waals surface area contributed by atoms with Crippen LogP contribution in [0.2, 0.25) is 0 Å². The van der Waals surface area contributed by atoms with Crippen molar-refractivity contribution in [2.75, 3.05) is 0 Å². The summed E-state index contributed by atoms with van der Waals surface area (Å²) in [5.41, 5.74) is 0.882. The molecule has 0 amide bonds. The van der Waals surface area contributed by atoms with E-state index in [2.05, 4.69) is 21.2 Å². The van der Waals surface area contributed by atoms with Gasteiger partial charge in [-0.3, -0.25) is 0 Å². The fraction of sp³-hybridized carbons (Fsp3) is 0.333. The molecule has 1 heterocycles. The lowest BCUT2D eigenvalue weighted by Gasteiger charge is -2.12. The molecule has 1 aliphatic rings. The number of ether oxygens (including phenoxy) is 1. The minimum Gasteiger partial charge on any atom is -0.485 e. The first kappa shape index (κ1) is 14.0. The van der Waals surface area contributed by atoms with Gasteiger partial charge in [0.25, 0.3) is 0 Å². The van der Waals surface area contributed by atoms with Crippen molar-refractivity contribution < 1.29 is 9.13 Å². The molecule has 2 aromatic rings. The van der Waals surface area contributed by atoms with Crippen LogP contribution in [0.15, 0.2) is 34.1 Å². The van der Waals surface area contributed by atoms with Crippen molar-refractivity contribution in [3.63, 3.8) is 0 Å². The second-order valence-corrected chi connectivity index (χ2v) is 7.43. The number of hydrogen-bond donors (Lipinski definition) is 1. The van der Waals surface area contributed by atoms with E-state index in [0.717, 1.165) is 14.2 Å². The first-order valence-electron chi connectivity index (χ1n) is 6.60. The summed E-state index contributed by atoms with van der Waals surface area (Å²) >= 11 is 5.01. The van der Waals surface area contributed by atoms with Gasteiger partial charge in [-0.15, -0.1) is 11.3 Å². The highest BCUT2D eigenvalue weighted by Gasteiger charge is 2.21. The third kappa shape index (κ3) is 3.59. The van der Waals surface area contributed by atoms with Crippen LogP contribution < -0.4 is 10.1 Å². The Kier molecular flexibility index (Phi) is 4.38. The molecule has 2 nitrogen and oxygen atoms in total. The van der Waals surface area contributed by atoms with Crippen molar-refractivity contribution in [3.05, 3.63) is 50.4 Å². The molecule has 0 radical (unpaired) electrons. The van der Waals surface area contributed by atoms with Crippen molar-refractivity contribution in [2.24, 2.45) is 0 Å². The van der Waals surface area contributed by atoms with Crippen LogP contribution in [0.4, 0.5) is 4.39 Å². The van der Waals surface area contributed by atoms with E-state index in [9.17, 15) is 4.39 Å². The molecule has 0 atom stereocenters. The monoisotopic (exact) mass is 355 g/mol. The SMILES string of the molecule is Fc1cccc(CNC2CC2)c1OCc1ccc(Br)s1. The Bertz CT molecular complexity index is 597. The fourth-order valence-electron chi connectivity index (χ4n) is 1.97. The van der Waals surface area contributed by atoms with Crippen LogP contribution in [-0.2, 0) is 13.2 Å². The molecule has 3 rings (SSSR count). The van der Waals surface area contributed by atoms with E-state index in [1.807, 2.05) is 18.2 Å². The third-order valence-electron chi connectivity index (χ3n) is 3.19. The highest BCUT2D eigenvalue weighted by atomic mass is 79.9. The number of para-hydroxylation sites is 1. The average Bonchev–Trinajstić information content (AvgIpc) is 3.17. The Hall–Kier alpha value is -0.910. The van der Waals surface area contributed by atoms with Crippen molar-refractivity contribution in [1.82, 2.24) is 5.32 Å². The van der Waals surface area contributed by atoms with Crippen LogP contribution in [0.25, 0.3) is 0 Å². The molecule has 0 spiro atoms. The lowest BCUT2D eigenvalue weighted by Crippen LogP contribution is -2.16. The van der Waals surface area contributed by atoms with Gasteiger partial charge in [0.15, 0.2) is 11.6 Å². The molecule has 1 fully saturated rings. The lowest BCUT2D eigenvalue weighted by atomic mass is 10.2. The molecule has 1 aromatic heterocycles. The molecule has 0 saturated heterocycles. The van der Waals surface area contributed by atoms with Gasteiger partial charge in [0.1, 0.15) is 6.61 Å². The van der Waals surface area contributed by atoms with Gasteiger partial charge in [0.2, 0.25) is 0 Å². The van der Waals surface area contributed by atoms with Gasteiger partial charge in [0, 0.05) is 23.0 Å². The minimum absolute atomic E-state index is 0.296. The summed E-state index contributed by atoms with van der Waals surface area (Å²) in [5, 5.41) is 3.39. The Morgan fingerprint density at radius 1 is 1.30 bits per heavy atom. The van der Waals surface area contributed by atoms with Gasteiger partial charge >= 0.3 is 0 Å². The van der Waals surface area contributed by atoms with Crippen molar-refractivity contribution >= 4 is 27.3 Å². The zero-order chi connectivity index (χ0) is 13.9. The molecule has 20 heavy (non-hydrogen) atoms. The number of thiophene rings is 1. The predicted molar refractivity (Wildman–Crippen MR) is 82.6 cm³/mol. The molecule has 106 valence electrons. The predicted octanol–water partition coefficient (Wildman–Crippen LogP) is 4.48. The Morgan fingerprint density at radius 3 is 2.85 bits per heavy atom. The average molecular weight is 356 g/mol. The number of halogens is 2. The molecule has 5 heteroatoms. The molecule has 0 bridgehead atoms. The van der Waals surface area contributed by atoms with Crippen molar-refractivity contribution in [2.45, 2.75) is 32.0 Å². The minimum atomic E-state index is -0.296. The summed E-state index contributed by atoms with van der Waals surface area (Å²) in [7, 11) is 0. The smallest absolute Gasteiger partial charge is 0.165 e. The Balaban J connectivity index is 1.69. The fourth-order valence-corrected chi connectivity index (χ4v) is 3.37. The molecule has 1 saturated carbocycles. The van der Waals surface area contributed by atoms with Crippen LogP contribution in [0.5, 0.6) is 5.75 Å². The van der Waals surface area contributed by atoms with Gasteiger partial charge in [-0.25, -0.2) is 4.39 Å². The van der Waals surface area contributed by atoms with Crippen LogP contribution in [0.3, 0.4) is 0 Å². The summed E-state index contributed by atoms with van der Waals surface area (Å²) in [4.78, 5) is 1.07. The maximum atomic E-state index is 13.9. The maximum absolute atomic E-state index is 13.9. The van der Waals surface area contributed by atoms with Crippen molar-refractivity contribution in [1.29, 1.82) is 0 Å². The molecular formula is C15H15BrFNOS. The molecule has 0 aliphatic heterocycles. The first-order chi connectivity index (χ1) is 9.72. The van der Waals surface area contributed by atoms with Crippen LogP contribution >= 0.6 is 27.3 Å². The molecule has 1 N–H and O–H groups in total. The van der Waals surface area contributed by atoms with E-state index in [-0.39, 0.29) is 5.82 Å². The molecule has 1 aromatic carbocycles. The standard InChI is InChI=1S/C15H15BrFNOS/c16-14-7-6-12(20-14)9-19-15-10(2-1-3-13(15)17)8-18-11-4-5-11/h1-3,6-7,11,18H,4-5,8-9H2. The highest BCUT2D eigenvalue weighted by molar-refractivity contribution is 9.11. The second kappa shape index (κ2) is 6.24. The van der Waals surface area contributed by atoms with Gasteiger partial charge in [0.05, 0.1) is 3.79 Å². The number of rotatable bonds is 6. The molecule has 1 aliphatic carbocycles. The maximum Gasteiger partial charge on any atom is 0.165 e. The van der Waals surface area contributed by atoms with Crippen LogP contribution in [-0.4, -0.2) is 6.04 Å². The summed E-state index contributed by atoms with van der Waals surface area (Å²) in [5.74, 6) is 0.0703. The largest absolute Gasteiger partial charge is 0.485 e. The van der Waals surface area contributed by atoms with Crippen LogP contribution in [0, 0.1) is 5.82 Å². The van der Waals surface area contributed by atoms with Gasteiger partial charge in [-0.05, 0) is 47.0 Å². The van der Waals surface area contributed by atoms with E-state index in [1.54, 1.807) is 17.4 Å². The molecule has 0 unspecified atom stereocenters. The number of nitrogens with one attached hydrogen (secondary N) is 1. The lowest BCUT2D eigenvalue weighted by molar-refractivity contribution is 0.289. The van der Waals surface area contributed by atoms with E-state index in [1.165, 1.54) is 18.9 Å². The Labute approximate surface area is 130 Å². The zero-order valence-electron chi connectivity index (χ0n) is 10.9. The van der Waals surface area contributed by atoms with Gasteiger partial charge in [-0.1, -0.05) is 12.1 Å². The topological polar surface area (TPSA) is 21.3 Å². The Morgan fingerprint density at radius 2 is 2.15 bits per heavy atom. The van der Waals surface area contributed by atoms with E-state index in [0.29, 0.717) is 24.9 Å². The van der Waals surface area contributed by atoms with Crippen LogP contribution in [0.1, 0.15) is 23.3 Å². The molecular weight excluding hydrogens is 341 g/mol. The second-order valence-electron chi connectivity index (χ2n) is 4.88. The quantitative estimate of drug-likeness (QED) is 0.824. The summed E-state index contributed by atoms with van der Waals surface area (Å²) < 4.78 is 20.7. The summed E-state index contributed by atoms with van der Waals surface area (Å²) in [6.07, 6.45) is 2.43. The highest BCUT2D eigenvalue weighted by Crippen LogP contribution is 2.28. The normalized spacial score (nSPS) is 14.5. The third-order valence-corrected chi connectivity index (χ3v) is 4.79. The van der Waals surface area contributed by atoms with Gasteiger partial charge < -0.3 is 10.1 Å². The number of benzene rings is 1.